The molecular weight excluding hydrogens is 320 g/mol. The number of amides is 1. The first-order valence-corrected chi connectivity index (χ1v) is 8.49. The van der Waals surface area contributed by atoms with Gasteiger partial charge in [-0.15, -0.1) is 11.3 Å². The van der Waals surface area contributed by atoms with Crippen molar-refractivity contribution in [2.75, 3.05) is 11.4 Å². The van der Waals surface area contributed by atoms with Crippen LogP contribution in [0.15, 0.2) is 29.9 Å². The van der Waals surface area contributed by atoms with Crippen LogP contribution in [0, 0.1) is 0 Å². The molecular formula is C15H17ClN4OS. The highest BCUT2D eigenvalue weighted by Crippen LogP contribution is 2.27. The molecule has 5 nitrogen and oxygen atoms in total. The number of carbonyl (C=O) groups excluding carboxylic acids is 1. The van der Waals surface area contributed by atoms with Crippen LogP contribution in [0.25, 0.3) is 0 Å². The average Bonchev–Trinajstić information content (AvgIpc) is 3.18. The van der Waals surface area contributed by atoms with Crippen LogP contribution in [0.5, 0.6) is 0 Å². The number of aromatic nitrogens is 2. The summed E-state index contributed by atoms with van der Waals surface area (Å²) in [5.74, 6) is 0.0250. The zero-order valence-corrected chi connectivity index (χ0v) is 13.8. The van der Waals surface area contributed by atoms with E-state index in [-0.39, 0.29) is 18.0 Å². The number of halogens is 1. The van der Waals surface area contributed by atoms with Crippen LogP contribution in [0.3, 0.4) is 0 Å². The summed E-state index contributed by atoms with van der Waals surface area (Å²) in [5, 5.41) is 6.48. The van der Waals surface area contributed by atoms with Gasteiger partial charge in [0.15, 0.2) is 5.13 Å². The summed E-state index contributed by atoms with van der Waals surface area (Å²) < 4.78 is 0. The predicted octanol–water partition coefficient (Wildman–Crippen LogP) is 3.04. The number of rotatable bonds is 4. The van der Waals surface area contributed by atoms with Crippen molar-refractivity contribution in [3.8, 4) is 0 Å². The maximum Gasteiger partial charge on any atom is 0.243 e. The third-order valence-corrected chi connectivity index (χ3v) is 4.81. The van der Waals surface area contributed by atoms with Gasteiger partial charge in [-0.25, -0.2) is 4.98 Å². The van der Waals surface area contributed by atoms with Crippen molar-refractivity contribution in [1.29, 1.82) is 0 Å². The fraction of sp³-hybridized carbons (Fsp3) is 0.400. The molecule has 1 aliphatic rings. The smallest absolute Gasteiger partial charge is 0.243 e. The summed E-state index contributed by atoms with van der Waals surface area (Å²) in [6.07, 6.45) is 5.22. The Morgan fingerprint density at radius 2 is 2.36 bits per heavy atom. The first kappa shape index (κ1) is 15.2. The number of anilines is 1. The third kappa shape index (κ3) is 3.23. The van der Waals surface area contributed by atoms with Crippen molar-refractivity contribution in [2.45, 2.75) is 31.8 Å². The van der Waals surface area contributed by atoms with Crippen molar-refractivity contribution >= 4 is 34.0 Å². The summed E-state index contributed by atoms with van der Waals surface area (Å²) in [7, 11) is 0. The summed E-state index contributed by atoms with van der Waals surface area (Å²) >= 11 is 7.41. The second kappa shape index (κ2) is 6.62. The SMILES string of the molecule is C[C@H](NC(=O)[C@@H]1CCCN1c1nccs1)c1ccc(Cl)cn1. The lowest BCUT2D eigenvalue weighted by molar-refractivity contribution is -0.122. The minimum absolute atomic E-state index is 0.0250. The fourth-order valence-electron chi connectivity index (χ4n) is 2.65. The molecule has 0 spiro atoms. The molecule has 22 heavy (non-hydrogen) atoms. The van der Waals surface area contributed by atoms with E-state index in [0.717, 1.165) is 30.2 Å². The molecule has 1 aliphatic heterocycles. The molecule has 1 amide bonds. The third-order valence-electron chi connectivity index (χ3n) is 3.77. The van der Waals surface area contributed by atoms with Crippen LogP contribution in [-0.2, 0) is 4.79 Å². The van der Waals surface area contributed by atoms with E-state index in [1.165, 1.54) is 0 Å². The van der Waals surface area contributed by atoms with Gasteiger partial charge in [0.25, 0.3) is 0 Å². The van der Waals surface area contributed by atoms with Gasteiger partial charge in [0.05, 0.1) is 16.8 Å². The van der Waals surface area contributed by atoms with Gasteiger partial charge in [-0.05, 0) is 31.9 Å². The van der Waals surface area contributed by atoms with Gasteiger partial charge < -0.3 is 10.2 Å². The van der Waals surface area contributed by atoms with E-state index in [0.29, 0.717) is 5.02 Å². The molecule has 2 atom stereocenters. The average molecular weight is 337 g/mol. The van der Waals surface area contributed by atoms with Crippen LogP contribution < -0.4 is 10.2 Å². The van der Waals surface area contributed by atoms with Crippen molar-refractivity contribution in [1.82, 2.24) is 15.3 Å². The lowest BCUT2D eigenvalue weighted by atomic mass is 10.1. The van der Waals surface area contributed by atoms with Crippen LogP contribution in [0.2, 0.25) is 5.02 Å². The quantitative estimate of drug-likeness (QED) is 0.932. The number of hydrogen-bond donors (Lipinski definition) is 1. The predicted molar refractivity (Wildman–Crippen MR) is 88.3 cm³/mol. The number of nitrogens with one attached hydrogen (secondary N) is 1. The molecule has 0 aliphatic carbocycles. The molecule has 1 saturated heterocycles. The van der Waals surface area contributed by atoms with Crippen molar-refractivity contribution < 1.29 is 4.79 Å². The van der Waals surface area contributed by atoms with E-state index in [4.69, 9.17) is 11.6 Å². The summed E-state index contributed by atoms with van der Waals surface area (Å²) in [6.45, 7) is 2.80. The Bertz CT molecular complexity index is 632. The maximum atomic E-state index is 12.6. The highest BCUT2D eigenvalue weighted by atomic mass is 35.5. The lowest BCUT2D eigenvalue weighted by Gasteiger charge is -2.24. The molecule has 3 heterocycles. The number of thiazole rings is 1. The largest absolute Gasteiger partial charge is 0.346 e. The van der Waals surface area contributed by atoms with E-state index >= 15 is 0 Å². The maximum absolute atomic E-state index is 12.6. The number of hydrogen-bond acceptors (Lipinski definition) is 5. The summed E-state index contributed by atoms with van der Waals surface area (Å²) in [6, 6.07) is 3.31. The summed E-state index contributed by atoms with van der Waals surface area (Å²) in [5.41, 5.74) is 0.802. The minimum atomic E-state index is -0.152. The zero-order valence-electron chi connectivity index (χ0n) is 12.2. The van der Waals surface area contributed by atoms with Crippen LogP contribution in [0.1, 0.15) is 31.5 Å². The number of carbonyl (C=O) groups is 1. The Kier molecular flexibility index (Phi) is 4.59. The highest BCUT2D eigenvalue weighted by Gasteiger charge is 2.32. The van der Waals surface area contributed by atoms with Crippen molar-refractivity contribution in [3.05, 3.63) is 40.6 Å². The fourth-order valence-corrected chi connectivity index (χ4v) is 3.48. The van der Waals surface area contributed by atoms with Crippen molar-refractivity contribution in [2.24, 2.45) is 0 Å². The van der Waals surface area contributed by atoms with Gasteiger partial charge >= 0.3 is 0 Å². The van der Waals surface area contributed by atoms with E-state index < -0.39 is 0 Å². The molecule has 0 unspecified atom stereocenters. The first-order valence-electron chi connectivity index (χ1n) is 7.23. The van der Waals surface area contributed by atoms with E-state index in [1.807, 2.05) is 18.4 Å². The van der Waals surface area contributed by atoms with Gasteiger partial charge in [-0.3, -0.25) is 9.78 Å². The van der Waals surface area contributed by atoms with E-state index in [1.54, 1.807) is 29.8 Å². The van der Waals surface area contributed by atoms with Gasteiger partial charge in [-0.2, -0.15) is 0 Å². The Labute approximate surface area is 138 Å². The first-order chi connectivity index (χ1) is 10.6. The second-order valence-electron chi connectivity index (χ2n) is 5.30. The molecule has 0 radical (unpaired) electrons. The van der Waals surface area contributed by atoms with Crippen LogP contribution >= 0.6 is 22.9 Å². The highest BCUT2D eigenvalue weighted by molar-refractivity contribution is 7.13. The monoisotopic (exact) mass is 336 g/mol. The molecule has 2 aromatic heterocycles. The Hall–Kier alpha value is -1.66. The topological polar surface area (TPSA) is 58.1 Å². The Morgan fingerprint density at radius 1 is 1.50 bits per heavy atom. The van der Waals surface area contributed by atoms with Gasteiger partial charge in [0.2, 0.25) is 5.91 Å². The Morgan fingerprint density at radius 3 is 3.05 bits per heavy atom. The molecule has 7 heteroatoms. The molecule has 1 fully saturated rings. The minimum Gasteiger partial charge on any atom is -0.346 e. The lowest BCUT2D eigenvalue weighted by Crippen LogP contribution is -2.44. The molecule has 2 aromatic rings. The van der Waals surface area contributed by atoms with Crippen molar-refractivity contribution in [3.63, 3.8) is 0 Å². The van der Waals surface area contributed by atoms with Gasteiger partial charge in [-0.1, -0.05) is 11.6 Å². The van der Waals surface area contributed by atoms with Crippen LogP contribution in [-0.4, -0.2) is 28.5 Å². The van der Waals surface area contributed by atoms with Gasteiger partial charge in [0, 0.05) is 24.3 Å². The second-order valence-corrected chi connectivity index (χ2v) is 6.61. The number of pyridine rings is 1. The zero-order chi connectivity index (χ0) is 15.5. The Balaban J connectivity index is 1.67. The molecule has 0 saturated carbocycles. The molecule has 3 rings (SSSR count). The molecule has 0 bridgehead atoms. The normalized spacial score (nSPS) is 19.2. The van der Waals surface area contributed by atoms with E-state index in [2.05, 4.69) is 20.2 Å². The molecule has 1 N–H and O–H groups in total. The summed E-state index contributed by atoms with van der Waals surface area (Å²) in [4.78, 5) is 23.2. The van der Waals surface area contributed by atoms with Gasteiger partial charge in [0.1, 0.15) is 6.04 Å². The molecule has 116 valence electrons. The molecule has 0 aromatic carbocycles. The standard InChI is InChI=1S/C15H17ClN4OS/c1-10(12-5-4-11(16)9-18-12)19-14(21)13-3-2-7-20(13)15-17-6-8-22-15/h4-6,8-10,13H,2-3,7H2,1H3,(H,19,21)/t10-,13-/m0/s1. The van der Waals surface area contributed by atoms with E-state index in [9.17, 15) is 4.79 Å². The number of nitrogens with zero attached hydrogens (tertiary/aromatic N) is 3. The van der Waals surface area contributed by atoms with Crippen LogP contribution in [0.4, 0.5) is 5.13 Å².